The first-order valence-corrected chi connectivity index (χ1v) is 53.7. The molecule has 0 bridgehead atoms. The normalized spacial score (nSPS) is 19.1. The Morgan fingerprint density at radius 1 is 0.537 bits per heavy atom. The van der Waals surface area contributed by atoms with Gasteiger partial charge in [0.05, 0.1) is 45.6 Å². The molecule has 3 saturated heterocycles. The van der Waals surface area contributed by atoms with Crippen molar-refractivity contribution in [1.82, 2.24) is 83.5 Å². The summed E-state index contributed by atoms with van der Waals surface area (Å²) >= 11 is 0. The van der Waals surface area contributed by atoms with Crippen molar-refractivity contribution in [2.45, 2.75) is 298 Å². The second-order valence-corrected chi connectivity index (χ2v) is 39.8. The fourth-order valence-corrected chi connectivity index (χ4v) is 19.6. The highest BCUT2D eigenvalue weighted by atomic mass is 33.1. The fourth-order valence-electron chi connectivity index (χ4n) is 17.4. The summed E-state index contributed by atoms with van der Waals surface area (Å²) in [6.45, 7) is 2.58. The van der Waals surface area contributed by atoms with Crippen LogP contribution in [0.1, 0.15) is 224 Å². The number of hydrogen-bond acceptors (Lipinski definition) is 28. The predicted molar refractivity (Wildman–Crippen MR) is 556 cm³/mol. The van der Waals surface area contributed by atoms with Crippen LogP contribution in [0.3, 0.4) is 0 Å². The quantitative estimate of drug-likeness (QED) is 0.0162. The van der Waals surface area contributed by atoms with E-state index in [0.29, 0.717) is 81.3 Å². The molecule has 7 rings (SSSR count). The van der Waals surface area contributed by atoms with E-state index in [1.54, 1.807) is 53.7 Å². The second-order valence-electron chi connectivity index (χ2n) is 37.1. The number of aliphatic hydroxyl groups is 1. The Balaban J connectivity index is 0.000000456. The number of aliphatic carboxylic acids is 4. The zero-order valence-corrected chi connectivity index (χ0v) is 87.0. The van der Waals surface area contributed by atoms with Crippen molar-refractivity contribution in [3.05, 3.63) is 83.7 Å². The number of aliphatic imine (C=N–C) groups is 2. The molecule has 3 fully saturated rings. The second kappa shape index (κ2) is 70.3. The van der Waals surface area contributed by atoms with Gasteiger partial charge in [0.15, 0.2) is 11.7 Å². The van der Waals surface area contributed by atoms with Crippen LogP contribution in [0.4, 0.5) is 0 Å². The number of carboxylic acids is 4. The van der Waals surface area contributed by atoms with Gasteiger partial charge in [0.1, 0.15) is 73.1 Å². The molecule has 5 heterocycles. The number of carbonyl (C=O) groups is 19. The summed E-state index contributed by atoms with van der Waals surface area (Å²) in [5.41, 5.74) is 19.5. The zero-order chi connectivity index (χ0) is 109. The largest absolute Gasteiger partial charge is 0.481 e. The molecule has 49 heteroatoms. The molecule has 149 heavy (non-hydrogen) atoms. The van der Waals surface area contributed by atoms with Gasteiger partial charge in [-0.15, -0.1) is 0 Å². The van der Waals surface area contributed by atoms with Crippen molar-refractivity contribution in [3.63, 3.8) is 0 Å². The highest BCUT2D eigenvalue weighted by molar-refractivity contribution is 8.76. The number of fused-ring (bicyclic) bond motifs is 1. The molecule has 47 nitrogen and oxygen atoms in total. The minimum absolute atomic E-state index is 0.000959. The van der Waals surface area contributed by atoms with Crippen LogP contribution >= 0.6 is 21.6 Å². The number of amides is 14. The molecule has 0 unspecified atom stereocenters. The molecule has 1 aromatic heterocycles. The number of nitrogens with zero attached hydrogens (tertiary/aromatic N) is 5. The number of allylic oxidation sites excluding steroid dienone is 1. The number of primary amides is 1. The molecule has 24 N–H and O–H groups in total. The van der Waals surface area contributed by atoms with E-state index in [1.165, 1.54) is 73.1 Å². The van der Waals surface area contributed by atoms with Crippen LogP contribution in [0.5, 0.6) is 0 Å². The summed E-state index contributed by atoms with van der Waals surface area (Å²) in [4.78, 5) is 264. The topological polar surface area (TPSA) is 717 Å². The zero-order valence-electron chi connectivity index (χ0n) is 85.4. The summed E-state index contributed by atoms with van der Waals surface area (Å²) in [7, 11) is 3.88. The molecule has 0 aliphatic carbocycles. The SMILES string of the molecule is CC(=O)N[C@H]1CCSSC[C@@H](C(=O)N2CCC[C@H]2C(=O)N2CCC[C@H]2C(C)=O)NC(=O)[C@H](Cc2c[nH]c3ccccc23)NC(=O)[C@H](CCCN=C(N)N)NC(=O)[C@@H](Cc2ccccc2)NC(=O)[C@H](CC2=CCC=N2)NC1=O.CN[C@@H](CO)C(=O)N[C@@H](CCC(=O)O)C(=O)N[C@@H](CCCCN(CC(=O)O)CC(=O)O)C(=O)N[C@@H](CCCCNC(=O)COCCOCCNC(=O)CCCCCCCCCCCCCCC(=O)O)C(N)=O. The number of carboxylic acid groups (broad SMARTS) is 4. The summed E-state index contributed by atoms with van der Waals surface area (Å²) in [5, 5.41) is 78.9. The number of likely N-dealkylation sites (N-methyl/N-ethyl adjacent to an activating group) is 1. The molecule has 4 aliphatic rings. The number of nitrogens with one attached hydrogen (secondary N) is 13. The van der Waals surface area contributed by atoms with Crippen molar-refractivity contribution < 1.29 is 126 Å². The Bertz CT molecular complexity index is 4930. The van der Waals surface area contributed by atoms with Crippen molar-refractivity contribution in [2.24, 2.45) is 27.2 Å². The molecule has 14 amide bonds. The van der Waals surface area contributed by atoms with Crippen LogP contribution in [0.15, 0.2) is 82.6 Å². The minimum atomic E-state index is -1.47. The number of rotatable bonds is 63. The first kappa shape index (κ1) is 125. The Labute approximate surface area is 875 Å². The molecule has 2 aromatic carbocycles. The number of guanidine groups is 1. The monoisotopic (exact) mass is 2130 g/mol. The molecule has 0 spiro atoms. The van der Waals surface area contributed by atoms with Gasteiger partial charge in [-0.2, -0.15) is 0 Å². The first-order chi connectivity index (χ1) is 71.4. The number of ketones is 1. The highest BCUT2D eigenvalue weighted by Gasteiger charge is 2.45. The lowest BCUT2D eigenvalue weighted by atomic mass is 10.0. The number of H-pyrrole nitrogens is 1. The van der Waals surface area contributed by atoms with E-state index in [1.807, 2.05) is 24.3 Å². The smallest absolute Gasteiger partial charge is 0.317 e. The summed E-state index contributed by atoms with van der Waals surface area (Å²) in [5.74, 6) is -13.6. The molecular formula is C100H153N21O26S2. The average molecular weight is 2130 g/mol. The van der Waals surface area contributed by atoms with Gasteiger partial charge in [-0.1, -0.05) is 140 Å². The Kier molecular flexibility index (Phi) is 59.0. The van der Waals surface area contributed by atoms with Crippen LogP contribution in [0.2, 0.25) is 0 Å². The van der Waals surface area contributed by atoms with E-state index in [0.717, 1.165) is 67.2 Å². The molecule has 4 aliphatic heterocycles. The number of carbonyl (C=O) groups excluding carboxylic acids is 15. The number of Topliss-reactive ketones (excluding diaryl/α,β-unsaturated/α-hetero) is 1. The summed E-state index contributed by atoms with van der Waals surface area (Å²) < 4.78 is 10.8. The van der Waals surface area contributed by atoms with E-state index < -0.39 is 200 Å². The maximum absolute atomic E-state index is 15.0. The maximum Gasteiger partial charge on any atom is 0.317 e. The lowest BCUT2D eigenvalue weighted by molar-refractivity contribution is -0.147. The van der Waals surface area contributed by atoms with Crippen molar-refractivity contribution >= 4 is 157 Å². The molecule has 3 aromatic rings. The van der Waals surface area contributed by atoms with Crippen LogP contribution < -0.4 is 81.0 Å². The van der Waals surface area contributed by atoms with E-state index in [2.05, 4.69) is 78.8 Å². The number of ether oxygens (including phenoxy) is 2. The van der Waals surface area contributed by atoms with Crippen molar-refractivity contribution in [2.75, 3.05) is 104 Å². The van der Waals surface area contributed by atoms with Gasteiger partial charge in [-0.05, 0) is 140 Å². The van der Waals surface area contributed by atoms with E-state index in [4.69, 9.17) is 42.0 Å². The number of hydrogen-bond donors (Lipinski definition) is 21. The maximum atomic E-state index is 15.0. The number of para-hydroxylation sites is 1. The first-order valence-electron chi connectivity index (χ1n) is 51.2. The third-order valence-electron chi connectivity index (χ3n) is 25.2. The van der Waals surface area contributed by atoms with Crippen LogP contribution in [-0.2, 0) is 113 Å². The van der Waals surface area contributed by atoms with Gasteiger partial charge in [0.25, 0.3) is 0 Å². The minimum Gasteiger partial charge on any atom is -0.481 e. The highest BCUT2D eigenvalue weighted by Crippen LogP contribution is 2.30. The van der Waals surface area contributed by atoms with E-state index >= 15 is 4.79 Å². The number of benzene rings is 2. The molecular weight excluding hydrogens is 1980 g/mol. The predicted octanol–water partition coefficient (Wildman–Crippen LogP) is 1.03. The summed E-state index contributed by atoms with van der Waals surface area (Å²) in [6.07, 6.45) is 21.4. The van der Waals surface area contributed by atoms with Crippen LogP contribution in [0.25, 0.3) is 10.9 Å². The van der Waals surface area contributed by atoms with Crippen molar-refractivity contribution in [3.8, 4) is 0 Å². The number of likely N-dealkylation sites (tertiary alicyclic amines) is 2. The fraction of sp³-hybridized carbons (Fsp3) is 0.630. The average Bonchev–Trinajstić information content (AvgIpc) is 1.66. The number of nitrogens with two attached hydrogens (primary N) is 3. The van der Waals surface area contributed by atoms with Gasteiger partial charge in [0.2, 0.25) is 82.7 Å². The van der Waals surface area contributed by atoms with Gasteiger partial charge in [-0.3, -0.25) is 106 Å². The number of unbranched alkanes of at least 4 members (excludes halogenated alkanes) is 13. The molecule has 826 valence electrons. The summed E-state index contributed by atoms with van der Waals surface area (Å²) in [6, 6.07) is 2.00. The van der Waals surface area contributed by atoms with E-state index in [-0.39, 0.29) is 158 Å². The Morgan fingerprint density at radius 3 is 1.68 bits per heavy atom. The van der Waals surface area contributed by atoms with Crippen molar-refractivity contribution in [1.29, 1.82) is 0 Å². The lowest BCUT2D eigenvalue weighted by Gasteiger charge is -2.33. The van der Waals surface area contributed by atoms with Gasteiger partial charge in [-0.25, -0.2) is 0 Å². The standard InChI is InChI=1S/C53H69N13O9S2.C47H84N8O17/c1-31(67)44-18-10-23-65(44)52(75)45-19-11-24-66(45)51(74)43-30-77-76-25-20-39(59-32(2)68)47(70)63-42(28-35-14-8-21-56-35)50(73)61-40(26-33-12-4-3-5-13-33)48(71)60-38(17-9-22-57-53(54)55)46(69)62-41(49(72)64-43)27-34-29-58-37-16-7-6-15-36(34)37;1-49-37(32-56)47(70)54-36(22-23-41(61)62)46(69)53-35(19-15-17-26-55(30-42(63)64)31-43(65)66)45(68)52-34(44(48)67)18-14-16-24-50-39(58)33-72-29-28-71-27-25-51-38(57)20-12-10-8-6-4-2-3-5-7-9-11-13-21-40(59)60/h3-7,12-16,21,29,38-45,58H,8-11,17-20,22-28,30H2,1-2H3,(H,59,68)(H,60,71)(H,61,73)(H,62,69)(H,63,70)(H,64,72)(H4,54,55,57);34-37,49,56H,2-33H2,1H3,(H2,48,67)(H,50,58)(H,51,57)(H,52,68)(H,53,69)(H,54,70)(H,59,60)(H,61,62)(H,63,64)(H,65,66)/t38-,39-,40+,41-,42-,43-,44-,45-;34-,35-,36-,37-/m00/s1. The molecule has 0 radical (unpaired) electrons. The number of aromatic amines is 1. The van der Waals surface area contributed by atoms with Gasteiger partial charge >= 0.3 is 23.9 Å². The van der Waals surface area contributed by atoms with Crippen LogP contribution in [-0.4, -0.2) is 346 Å². The van der Waals surface area contributed by atoms with Gasteiger partial charge in [0, 0.05) is 125 Å². The third-order valence-corrected chi connectivity index (χ3v) is 27.7. The number of aromatic nitrogens is 1. The number of aliphatic hydroxyl groups excluding tert-OH is 1. The van der Waals surface area contributed by atoms with Crippen LogP contribution in [0, 0.1) is 0 Å². The Hall–Kier alpha value is -12.7. The Morgan fingerprint density at radius 2 is 1.08 bits per heavy atom. The van der Waals surface area contributed by atoms with E-state index in [9.17, 15) is 96.5 Å². The molecule has 0 saturated carbocycles. The third kappa shape index (κ3) is 49.1. The lowest BCUT2D eigenvalue weighted by Crippen LogP contribution is -2.61. The van der Waals surface area contributed by atoms with Gasteiger partial charge < -0.3 is 131 Å². The molecule has 12 atom stereocenters.